The summed E-state index contributed by atoms with van der Waals surface area (Å²) in [5.74, 6) is 0.417. The maximum Gasteiger partial charge on any atom is 0.349 e. The lowest BCUT2D eigenvalue weighted by Gasteiger charge is -2.35. The summed E-state index contributed by atoms with van der Waals surface area (Å²) in [7, 11) is 0. The zero-order valence-electron chi connectivity index (χ0n) is 17.2. The van der Waals surface area contributed by atoms with Gasteiger partial charge in [-0.3, -0.25) is 9.78 Å². The van der Waals surface area contributed by atoms with Crippen LogP contribution in [0.3, 0.4) is 0 Å². The first-order chi connectivity index (χ1) is 16.0. The van der Waals surface area contributed by atoms with E-state index < -0.39 is 5.63 Å². The van der Waals surface area contributed by atoms with Crippen LogP contribution in [0.1, 0.15) is 10.4 Å². The number of halogens is 2. The number of piperazine rings is 1. The Kier molecular flexibility index (Phi) is 5.94. The molecule has 33 heavy (non-hydrogen) atoms. The molecule has 8 nitrogen and oxygen atoms in total. The highest BCUT2D eigenvalue weighted by Crippen LogP contribution is 2.28. The minimum absolute atomic E-state index is 0.0300. The van der Waals surface area contributed by atoms with Gasteiger partial charge in [0.2, 0.25) is 0 Å². The Morgan fingerprint density at radius 1 is 0.939 bits per heavy atom. The lowest BCUT2D eigenvalue weighted by atomic mass is 10.1. The highest BCUT2D eigenvalue weighted by Gasteiger charge is 2.26. The molecule has 1 amide bonds. The van der Waals surface area contributed by atoms with Crippen molar-refractivity contribution >= 4 is 54.6 Å². The third kappa shape index (κ3) is 4.40. The third-order valence-corrected chi connectivity index (χ3v) is 6.55. The molecule has 1 aliphatic rings. The Morgan fingerprint density at radius 2 is 1.70 bits per heavy atom. The molecule has 166 valence electrons. The molecule has 0 N–H and O–H groups in total. The molecule has 1 fully saturated rings. The highest BCUT2D eigenvalue weighted by atomic mass is 79.9. The maximum atomic E-state index is 13.1. The van der Waals surface area contributed by atoms with Crippen molar-refractivity contribution in [3.05, 3.63) is 79.8 Å². The van der Waals surface area contributed by atoms with Crippen LogP contribution in [-0.4, -0.2) is 52.2 Å². The van der Waals surface area contributed by atoms with E-state index in [0.717, 1.165) is 21.5 Å². The molecule has 5 rings (SSSR count). The number of amides is 1. The third-order valence-electron chi connectivity index (χ3n) is 5.50. The molecule has 0 saturated carbocycles. The van der Waals surface area contributed by atoms with Crippen LogP contribution >= 0.6 is 31.9 Å². The van der Waals surface area contributed by atoms with Crippen LogP contribution in [0.5, 0.6) is 0 Å². The van der Waals surface area contributed by atoms with Gasteiger partial charge in [0.15, 0.2) is 11.4 Å². The SMILES string of the molecule is O=C(c1cc2cc(Br)cc(Br)c2oc1=O)N1CCN(c2ccc(-c3ccncc3)nn2)CC1. The molecule has 1 aromatic carbocycles. The summed E-state index contributed by atoms with van der Waals surface area (Å²) in [6, 6.07) is 12.8. The van der Waals surface area contributed by atoms with Crippen molar-refractivity contribution in [1.29, 1.82) is 0 Å². The fourth-order valence-electron chi connectivity index (χ4n) is 3.79. The lowest BCUT2D eigenvalue weighted by molar-refractivity contribution is 0.0742. The summed E-state index contributed by atoms with van der Waals surface area (Å²) in [6.07, 6.45) is 3.43. The second-order valence-corrected chi connectivity index (χ2v) is 9.32. The first-order valence-electron chi connectivity index (χ1n) is 10.2. The number of hydrogen-bond acceptors (Lipinski definition) is 7. The van der Waals surface area contributed by atoms with Crippen molar-refractivity contribution in [2.75, 3.05) is 31.1 Å². The van der Waals surface area contributed by atoms with Gasteiger partial charge in [-0.2, -0.15) is 0 Å². The average molecular weight is 571 g/mol. The number of fused-ring (bicyclic) bond motifs is 1. The molecular weight excluding hydrogens is 554 g/mol. The van der Waals surface area contributed by atoms with Crippen molar-refractivity contribution in [3.63, 3.8) is 0 Å². The van der Waals surface area contributed by atoms with Crippen LogP contribution in [0.15, 0.2) is 73.0 Å². The van der Waals surface area contributed by atoms with Crippen molar-refractivity contribution in [2.24, 2.45) is 0 Å². The Hall–Kier alpha value is -3.11. The summed E-state index contributed by atoms with van der Waals surface area (Å²) in [6.45, 7) is 2.11. The zero-order valence-corrected chi connectivity index (χ0v) is 20.4. The minimum Gasteiger partial charge on any atom is -0.421 e. The highest BCUT2D eigenvalue weighted by molar-refractivity contribution is 9.11. The molecular formula is C23H17Br2N5O3. The second-order valence-electron chi connectivity index (χ2n) is 7.55. The number of hydrogen-bond donors (Lipinski definition) is 0. The molecule has 4 aromatic rings. The monoisotopic (exact) mass is 569 g/mol. The predicted molar refractivity (Wildman–Crippen MR) is 131 cm³/mol. The summed E-state index contributed by atoms with van der Waals surface area (Å²) < 4.78 is 6.89. The molecule has 0 atom stereocenters. The number of carbonyl (C=O) groups excluding carboxylic acids is 1. The van der Waals surface area contributed by atoms with Gasteiger partial charge in [-0.25, -0.2) is 4.79 Å². The Morgan fingerprint density at radius 3 is 2.39 bits per heavy atom. The van der Waals surface area contributed by atoms with Gasteiger partial charge in [0.1, 0.15) is 5.56 Å². The van der Waals surface area contributed by atoms with Crippen LogP contribution in [0.2, 0.25) is 0 Å². The first-order valence-corrected chi connectivity index (χ1v) is 11.8. The van der Waals surface area contributed by atoms with E-state index in [-0.39, 0.29) is 11.5 Å². The molecule has 0 bridgehead atoms. The molecule has 1 saturated heterocycles. The fraction of sp³-hybridized carbons (Fsp3) is 0.174. The molecule has 10 heteroatoms. The molecule has 0 aliphatic carbocycles. The van der Waals surface area contributed by atoms with Crippen LogP contribution in [0.25, 0.3) is 22.2 Å². The molecule has 0 unspecified atom stereocenters. The quantitative estimate of drug-likeness (QED) is 0.342. The predicted octanol–water partition coefficient (Wildman–Crippen LogP) is 4.13. The largest absolute Gasteiger partial charge is 0.421 e. The van der Waals surface area contributed by atoms with Crippen LogP contribution in [0, 0.1) is 0 Å². The molecule has 3 aromatic heterocycles. The number of pyridine rings is 1. The topological polar surface area (TPSA) is 92.4 Å². The van der Waals surface area contributed by atoms with Gasteiger partial charge in [-0.1, -0.05) is 15.9 Å². The Balaban J connectivity index is 1.30. The molecule has 0 spiro atoms. The number of aromatic nitrogens is 3. The van der Waals surface area contributed by atoms with Crippen molar-refractivity contribution in [1.82, 2.24) is 20.1 Å². The van der Waals surface area contributed by atoms with Crippen LogP contribution in [-0.2, 0) is 0 Å². The van der Waals surface area contributed by atoms with Crippen molar-refractivity contribution in [3.8, 4) is 11.3 Å². The number of anilines is 1. The Bertz CT molecular complexity index is 1390. The smallest absolute Gasteiger partial charge is 0.349 e. The van der Waals surface area contributed by atoms with Crippen molar-refractivity contribution in [2.45, 2.75) is 0 Å². The lowest BCUT2D eigenvalue weighted by Crippen LogP contribution is -2.49. The average Bonchev–Trinajstić information content (AvgIpc) is 2.84. The fourth-order valence-corrected chi connectivity index (χ4v) is 5.13. The van der Waals surface area contributed by atoms with Gasteiger partial charge in [0, 0.05) is 54.0 Å². The standard InChI is InChI=1S/C23H17Br2N5O3/c24-16-11-15-12-17(23(32)33-21(15)18(25)13-16)22(31)30-9-7-29(8-10-30)20-2-1-19(27-28-20)14-3-5-26-6-4-14/h1-6,11-13H,7-10H2. The van der Waals surface area contributed by atoms with Crippen LogP contribution in [0.4, 0.5) is 5.82 Å². The number of benzene rings is 1. The molecule has 0 radical (unpaired) electrons. The van der Waals surface area contributed by atoms with E-state index in [1.54, 1.807) is 29.4 Å². The second kappa shape index (κ2) is 9.03. The van der Waals surface area contributed by atoms with Crippen LogP contribution < -0.4 is 10.5 Å². The number of carbonyl (C=O) groups is 1. The van der Waals surface area contributed by atoms with Gasteiger partial charge in [-0.15, -0.1) is 10.2 Å². The minimum atomic E-state index is -0.643. The number of rotatable bonds is 3. The summed E-state index contributed by atoms with van der Waals surface area (Å²) >= 11 is 6.81. The van der Waals surface area contributed by atoms with Gasteiger partial charge < -0.3 is 14.2 Å². The van der Waals surface area contributed by atoms with E-state index in [4.69, 9.17) is 4.42 Å². The van der Waals surface area contributed by atoms with E-state index in [1.165, 1.54) is 0 Å². The summed E-state index contributed by atoms with van der Waals surface area (Å²) in [5, 5.41) is 9.34. The van der Waals surface area contributed by atoms with E-state index >= 15 is 0 Å². The van der Waals surface area contributed by atoms with E-state index in [0.29, 0.717) is 41.6 Å². The summed E-state index contributed by atoms with van der Waals surface area (Å²) in [5.41, 5.74) is 1.53. The van der Waals surface area contributed by atoms with E-state index in [1.807, 2.05) is 30.3 Å². The maximum absolute atomic E-state index is 13.1. The van der Waals surface area contributed by atoms with Gasteiger partial charge in [0.25, 0.3) is 5.91 Å². The summed E-state index contributed by atoms with van der Waals surface area (Å²) in [4.78, 5) is 33.3. The molecule has 1 aliphatic heterocycles. The van der Waals surface area contributed by atoms with E-state index in [9.17, 15) is 9.59 Å². The van der Waals surface area contributed by atoms with Crippen molar-refractivity contribution < 1.29 is 9.21 Å². The normalized spacial score (nSPS) is 14.0. The first kappa shape index (κ1) is 21.7. The Labute approximate surface area is 205 Å². The van der Waals surface area contributed by atoms with Gasteiger partial charge >= 0.3 is 5.63 Å². The molecule has 4 heterocycles. The van der Waals surface area contributed by atoms with Gasteiger partial charge in [0.05, 0.1) is 10.2 Å². The van der Waals surface area contributed by atoms with Gasteiger partial charge in [-0.05, 0) is 58.4 Å². The zero-order chi connectivity index (χ0) is 22.9. The number of nitrogens with zero attached hydrogens (tertiary/aromatic N) is 5. The van der Waals surface area contributed by atoms with E-state index in [2.05, 4.69) is 51.9 Å².